The number of benzene rings is 2. The molecule has 4 rings (SSSR count). The number of alkyl carbamates (subject to hydrolysis) is 1. The molecular weight excluding hydrogens is 807 g/mol. The average molecular weight is 866 g/mol. The number of imide groups is 1. The van der Waals surface area contributed by atoms with Crippen LogP contribution >= 0.6 is 0 Å². The summed E-state index contributed by atoms with van der Waals surface area (Å²) >= 11 is 0. The fourth-order valence-electron chi connectivity index (χ4n) is 6.52. The summed E-state index contributed by atoms with van der Waals surface area (Å²) in [6.45, 7) is 10.7. The van der Waals surface area contributed by atoms with Crippen molar-refractivity contribution in [2.24, 2.45) is 17.8 Å². The first kappa shape index (κ1) is 48.8. The van der Waals surface area contributed by atoms with Crippen LogP contribution in [0.5, 0.6) is 0 Å². The normalized spacial score (nSPS) is 13.9. The number of ether oxygens (including phenoxy) is 1. The van der Waals surface area contributed by atoms with Gasteiger partial charge in [0.05, 0.1) is 6.33 Å². The topological polar surface area (TPSA) is 242 Å². The van der Waals surface area contributed by atoms with Crippen LogP contribution in [-0.4, -0.2) is 86.7 Å². The van der Waals surface area contributed by atoms with E-state index in [4.69, 9.17) is 4.74 Å². The summed E-state index contributed by atoms with van der Waals surface area (Å²) < 4.78 is 5.42. The molecule has 0 saturated carbocycles. The highest BCUT2D eigenvalue weighted by molar-refractivity contribution is 6.06. The minimum atomic E-state index is -1.26. The molecule has 2 aromatic heterocycles. The summed E-state index contributed by atoms with van der Waals surface area (Å²) in [4.78, 5) is 106. The fraction of sp³-hybridized carbons (Fsp3) is 0.413. The number of carbonyl (C=O) groups excluding carboxylic acids is 7. The van der Waals surface area contributed by atoms with Crippen molar-refractivity contribution in [3.8, 4) is 0 Å². The number of aromatic nitrogens is 3. The van der Waals surface area contributed by atoms with Gasteiger partial charge in [-0.2, -0.15) is 0 Å². The van der Waals surface area contributed by atoms with E-state index >= 15 is 0 Å². The minimum Gasteiger partial charge on any atom is -0.445 e. The molecule has 63 heavy (non-hydrogen) atoms. The summed E-state index contributed by atoms with van der Waals surface area (Å²) in [6.07, 6.45) is 4.17. The molecule has 0 saturated heterocycles. The Morgan fingerprint density at radius 3 is 1.79 bits per heavy atom. The number of rotatable bonds is 22. The van der Waals surface area contributed by atoms with Crippen LogP contribution in [0.3, 0.4) is 0 Å². The van der Waals surface area contributed by atoms with E-state index in [9.17, 15) is 33.6 Å². The lowest BCUT2D eigenvalue weighted by Gasteiger charge is -2.30. The second-order valence-corrected chi connectivity index (χ2v) is 16.1. The van der Waals surface area contributed by atoms with E-state index in [0.717, 1.165) is 11.1 Å². The molecule has 6 atom stereocenters. The Balaban J connectivity index is 1.51. The van der Waals surface area contributed by atoms with Gasteiger partial charge >= 0.3 is 6.09 Å². The molecule has 7 amide bonds. The highest BCUT2D eigenvalue weighted by atomic mass is 16.5. The smallest absolute Gasteiger partial charge is 0.408 e. The number of nitrogens with one attached hydrogen (secondary N) is 7. The molecular formula is C46H59N9O8. The number of carbonyl (C=O) groups is 7. The number of hydrogen-bond acceptors (Lipinski definition) is 10. The fourth-order valence-corrected chi connectivity index (χ4v) is 6.52. The van der Waals surface area contributed by atoms with Crippen molar-refractivity contribution in [1.29, 1.82) is 0 Å². The second kappa shape index (κ2) is 24.5. The molecule has 0 radical (unpaired) electrons. The molecule has 0 aliphatic rings. The minimum absolute atomic E-state index is 0.0277. The molecule has 7 N–H and O–H groups in total. The maximum Gasteiger partial charge on any atom is 0.408 e. The summed E-state index contributed by atoms with van der Waals surface area (Å²) in [6, 6.07) is 16.9. The second-order valence-electron chi connectivity index (χ2n) is 16.1. The number of amides is 7. The van der Waals surface area contributed by atoms with Gasteiger partial charge in [0.2, 0.25) is 29.5 Å². The largest absolute Gasteiger partial charge is 0.445 e. The lowest BCUT2D eigenvalue weighted by atomic mass is 9.96. The quantitative estimate of drug-likeness (QED) is 0.0606. The van der Waals surface area contributed by atoms with Gasteiger partial charge in [0.1, 0.15) is 42.5 Å². The molecule has 0 unspecified atom stereocenters. The van der Waals surface area contributed by atoms with Crippen LogP contribution in [0, 0.1) is 17.8 Å². The summed E-state index contributed by atoms with van der Waals surface area (Å²) in [7, 11) is 0. The molecule has 0 aliphatic heterocycles. The summed E-state index contributed by atoms with van der Waals surface area (Å²) in [5.74, 6) is -5.16. The Labute approximate surface area is 367 Å². The molecule has 2 heterocycles. The molecule has 0 bridgehead atoms. The predicted molar refractivity (Wildman–Crippen MR) is 234 cm³/mol. The van der Waals surface area contributed by atoms with E-state index in [1.54, 1.807) is 69.3 Å². The van der Waals surface area contributed by atoms with Gasteiger partial charge in [-0.15, -0.1) is 0 Å². The first-order valence-electron chi connectivity index (χ1n) is 21.1. The van der Waals surface area contributed by atoms with E-state index in [0.29, 0.717) is 12.1 Å². The Bertz CT molecular complexity index is 2100. The van der Waals surface area contributed by atoms with Crippen molar-refractivity contribution in [3.63, 3.8) is 0 Å². The van der Waals surface area contributed by atoms with Crippen LogP contribution in [0.4, 0.5) is 4.79 Å². The molecule has 0 fully saturated rings. The highest BCUT2D eigenvalue weighted by Crippen LogP contribution is 2.14. The zero-order valence-electron chi connectivity index (χ0n) is 36.6. The van der Waals surface area contributed by atoms with Gasteiger partial charge in [0.25, 0.3) is 5.91 Å². The first-order chi connectivity index (χ1) is 30.1. The third kappa shape index (κ3) is 15.8. The van der Waals surface area contributed by atoms with E-state index in [1.807, 2.05) is 45.0 Å². The molecule has 17 nitrogen and oxygen atoms in total. The summed E-state index contributed by atoms with van der Waals surface area (Å²) in [5, 5.41) is 16.0. The van der Waals surface area contributed by atoms with Gasteiger partial charge < -0.3 is 36.3 Å². The van der Waals surface area contributed by atoms with Crippen molar-refractivity contribution in [3.05, 3.63) is 120 Å². The standard InChI is InChI=1S/C46H59N9O8/c1-7-30(6)39(45(61)55-40(56)34-20-14-15-21-48-34)54-44(60)38(29(4)5)53-43(59)35(22-28(2)3)50-42(58)37(24-33-25-47-27-49-33)51-41(57)36(23-31-16-10-8-11-17-31)52-46(62)63-26-32-18-12-9-13-19-32/h8-21,25,27-30,35-39H,7,22-24,26H2,1-6H3,(H,47,49)(H,50,58)(H,51,57)(H,52,62)(H,53,59)(H,54,60)(H,55,56,61)/t30-,35-,36-,37-,38-,39-/m0/s1. The van der Waals surface area contributed by atoms with Crippen molar-refractivity contribution in [2.45, 2.75) is 104 Å². The molecule has 0 spiro atoms. The number of aromatic amines is 1. The average Bonchev–Trinajstić information content (AvgIpc) is 3.79. The van der Waals surface area contributed by atoms with Crippen LogP contribution in [0.15, 0.2) is 97.6 Å². The van der Waals surface area contributed by atoms with Crippen molar-refractivity contribution >= 4 is 41.5 Å². The molecule has 17 heteroatoms. The van der Waals surface area contributed by atoms with Crippen LogP contribution in [0.1, 0.15) is 81.7 Å². The zero-order chi connectivity index (χ0) is 45.9. The van der Waals surface area contributed by atoms with Crippen molar-refractivity contribution < 1.29 is 38.3 Å². The van der Waals surface area contributed by atoms with Gasteiger partial charge in [-0.05, 0) is 47.4 Å². The van der Waals surface area contributed by atoms with Gasteiger partial charge in [0, 0.05) is 30.9 Å². The van der Waals surface area contributed by atoms with E-state index < -0.39 is 83.6 Å². The summed E-state index contributed by atoms with van der Waals surface area (Å²) in [5.41, 5.74) is 2.02. The van der Waals surface area contributed by atoms with Crippen LogP contribution in [-0.2, 0) is 48.2 Å². The number of hydrogen-bond donors (Lipinski definition) is 7. The predicted octanol–water partition coefficient (Wildman–Crippen LogP) is 3.53. The molecule has 2 aromatic carbocycles. The lowest BCUT2D eigenvalue weighted by molar-refractivity contribution is -0.135. The van der Waals surface area contributed by atoms with Crippen molar-refractivity contribution in [2.75, 3.05) is 0 Å². The van der Waals surface area contributed by atoms with Gasteiger partial charge in [-0.3, -0.25) is 39.1 Å². The van der Waals surface area contributed by atoms with E-state index in [1.165, 1.54) is 24.8 Å². The van der Waals surface area contributed by atoms with E-state index in [2.05, 4.69) is 46.9 Å². The Morgan fingerprint density at radius 2 is 1.22 bits per heavy atom. The molecule has 0 aliphatic carbocycles. The number of H-pyrrole nitrogens is 1. The van der Waals surface area contributed by atoms with Gasteiger partial charge in [-0.25, -0.2) is 9.78 Å². The monoisotopic (exact) mass is 865 g/mol. The molecule has 4 aromatic rings. The third-order valence-corrected chi connectivity index (χ3v) is 10.2. The number of imidazole rings is 1. The zero-order valence-corrected chi connectivity index (χ0v) is 36.6. The van der Waals surface area contributed by atoms with Crippen LogP contribution < -0.4 is 31.9 Å². The highest BCUT2D eigenvalue weighted by Gasteiger charge is 2.35. The Kier molecular flexibility index (Phi) is 19.0. The van der Waals surface area contributed by atoms with Crippen LogP contribution in [0.25, 0.3) is 0 Å². The maximum absolute atomic E-state index is 14.2. The Hall–Kier alpha value is -6.91. The third-order valence-electron chi connectivity index (χ3n) is 10.2. The van der Waals surface area contributed by atoms with Gasteiger partial charge in [-0.1, -0.05) is 115 Å². The number of nitrogens with zero attached hydrogens (tertiary/aromatic N) is 2. The van der Waals surface area contributed by atoms with Crippen LogP contribution in [0.2, 0.25) is 0 Å². The number of pyridine rings is 1. The van der Waals surface area contributed by atoms with E-state index in [-0.39, 0.29) is 37.5 Å². The lowest BCUT2D eigenvalue weighted by Crippen LogP contribution is -2.61. The molecule has 336 valence electrons. The Morgan fingerprint density at radius 1 is 0.635 bits per heavy atom. The maximum atomic E-state index is 14.2. The first-order valence-corrected chi connectivity index (χ1v) is 21.1. The van der Waals surface area contributed by atoms with Gasteiger partial charge in [0.15, 0.2) is 0 Å². The van der Waals surface area contributed by atoms with Crippen molar-refractivity contribution in [1.82, 2.24) is 46.9 Å². The SMILES string of the molecule is CC[C@H](C)[C@H](NC(=O)[C@@H](NC(=O)[C@H](CC(C)C)NC(=O)[C@H](Cc1cnc[nH]1)NC(=O)[C@H](Cc1ccccc1)NC(=O)OCc1ccccc1)C(C)C)C(=O)NC(=O)c1ccccn1.